The number of esters is 1. The summed E-state index contributed by atoms with van der Waals surface area (Å²) in [5, 5.41) is 26.9. The molecule has 0 fully saturated rings. The van der Waals surface area contributed by atoms with Gasteiger partial charge in [0.1, 0.15) is 11.6 Å². The minimum absolute atomic E-state index is 0.0316. The van der Waals surface area contributed by atoms with Crippen LogP contribution in [0, 0.1) is 0 Å². The maximum absolute atomic E-state index is 11.9. The van der Waals surface area contributed by atoms with Crippen molar-refractivity contribution in [3.63, 3.8) is 0 Å². The molecule has 24 heavy (non-hydrogen) atoms. The van der Waals surface area contributed by atoms with E-state index < -0.39 is 48.5 Å². The van der Waals surface area contributed by atoms with Gasteiger partial charge in [0.05, 0.1) is 20.2 Å². The molecule has 0 rings (SSSR count). The molecule has 10 heteroatoms. The fraction of sp³-hybridized carbons (Fsp3) is 0.714. The Bertz CT molecular complexity index is 475. The van der Waals surface area contributed by atoms with Gasteiger partial charge in [-0.2, -0.15) is 0 Å². The first-order chi connectivity index (χ1) is 10.9. The average molecular weight is 348 g/mol. The van der Waals surface area contributed by atoms with Gasteiger partial charge in [-0.25, -0.2) is 0 Å². The van der Waals surface area contributed by atoms with E-state index in [1.165, 1.54) is 32.8 Å². The Morgan fingerprint density at radius 1 is 1.00 bits per heavy atom. The van der Waals surface area contributed by atoms with Gasteiger partial charge < -0.3 is 20.1 Å². The molecule has 0 heterocycles. The third-order valence-electron chi connectivity index (χ3n) is 3.60. The Labute approximate surface area is 139 Å². The lowest BCUT2D eigenvalue weighted by Crippen LogP contribution is -2.58. The zero-order valence-electron chi connectivity index (χ0n) is 14.2. The number of hydrogen-bond acceptors (Lipinski definition) is 7. The summed E-state index contributed by atoms with van der Waals surface area (Å²) in [4.78, 5) is 47.3. The van der Waals surface area contributed by atoms with Crippen LogP contribution < -0.4 is 0 Å². The van der Waals surface area contributed by atoms with Crippen LogP contribution in [0.4, 0.5) is 0 Å². The van der Waals surface area contributed by atoms with Crippen LogP contribution in [0.3, 0.4) is 0 Å². The highest BCUT2D eigenvalue weighted by Crippen LogP contribution is 2.20. The van der Waals surface area contributed by atoms with Crippen molar-refractivity contribution in [1.29, 1.82) is 0 Å². The van der Waals surface area contributed by atoms with E-state index in [4.69, 9.17) is 10.2 Å². The quantitative estimate of drug-likeness (QED) is 0.405. The van der Waals surface area contributed by atoms with Crippen molar-refractivity contribution in [3.05, 3.63) is 0 Å². The summed E-state index contributed by atoms with van der Waals surface area (Å²) in [5.74, 6) is -4.24. The van der Waals surface area contributed by atoms with Crippen molar-refractivity contribution in [3.8, 4) is 0 Å². The molecule has 0 aliphatic rings. The Morgan fingerprint density at radius 3 is 1.79 bits per heavy atom. The number of methoxy groups -OCH3 is 1. The first-order valence-electron chi connectivity index (χ1n) is 7.17. The molecule has 0 radical (unpaired) electrons. The number of carboxylic acids is 3. The number of aliphatic carboxylic acids is 3. The van der Waals surface area contributed by atoms with Gasteiger partial charge in [0, 0.05) is 13.1 Å². The smallest absolute Gasteiger partial charge is 0.325 e. The highest BCUT2D eigenvalue weighted by Gasteiger charge is 2.40. The molecule has 0 amide bonds. The second-order valence-corrected chi connectivity index (χ2v) is 5.76. The molecular formula is C14H24N2O8. The highest BCUT2D eigenvalue weighted by molar-refractivity contribution is 5.81. The van der Waals surface area contributed by atoms with Crippen LogP contribution in [0.25, 0.3) is 0 Å². The maximum Gasteiger partial charge on any atom is 0.325 e. The summed E-state index contributed by atoms with van der Waals surface area (Å²) in [7, 11) is 1.18. The number of carbonyl (C=O) groups is 4. The summed E-state index contributed by atoms with van der Waals surface area (Å²) in [6, 6.07) is -1.06. The summed E-state index contributed by atoms with van der Waals surface area (Å²) >= 11 is 0. The lowest BCUT2D eigenvalue weighted by atomic mass is 10.00. The van der Waals surface area contributed by atoms with Crippen molar-refractivity contribution in [2.75, 3.05) is 33.3 Å². The number of nitrogens with zero attached hydrogens (tertiary/aromatic N) is 2. The van der Waals surface area contributed by atoms with Crippen molar-refractivity contribution >= 4 is 23.9 Å². The second kappa shape index (κ2) is 9.18. The Kier molecular flexibility index (Phi) is 8.34. The number of carbonyl (C=O) groups excluding carboxylic acids is 1. The minimum atomic E-state index is -1.29. The first-order valence-corrected chi connectivity index (χ1v) is 7.17. The van der Waals surface area contributed by atoms with Crippen LogP contribution in [-0.2, 0) is 23.9 Å². The van der Waals surface area contributed by atoms with Crippen molar-refractivity contribution in [2.45, 2.75) is 32.4 Å². The largest absolute Gasteiger partial charge is 0.480 e. The lowest BCUT2D eigenvalue weighted by molar-refractivity contribution is -0.160. The third-order valence-corrected chi connectivity index (χ3v) is 3.60. The number of carboxylic acid groups (broad SMARTS) is 3. The standard InChI is InChI=1S/C14H24N2O8/c1-9(12(21)22)16(14(2,3)13(23)24-4)6-5-15(7-10(17)18)8-11(19)20/h9H,5-8H2,1-4H3,(H,17,18)(H,19,20)(H,21,22). The SMILES string of the molecule is COC(=O)C(C)(C)N(CCN(CC(=O)O)CC(=O)O)C(C)C(=O)O. The molecule has 10 nitrogen and oxygen atoms in total. The van der Waals surface area contributed by atoms with Crippen molar-refractivity contribution in [1.82, 2.24) is 9.80 Å². The Morgan fingerprint density at radius 2 is 1.46 bits per heavy atom. The van der Waals surface area contributed by atoms with E-state index in [1.54, 1.807) is 0 Å². The van der Waals surface area contributed by atoms with Crippen LogP contribution in [0.15, 0.2) is 0 Å². The molecule has 0 aromatic carbocycles. The molecule has 0 spiro atoms. The molecule has 1 unspecified atom stereocenters. The zero-order chi connectivity index (χ0) is 19.1. The van der Waals surface area contributed by atoms with Gasteiger partial charge in [-0.15, -0.1) is 0 Å². The molecular weight excluding hydrogens is 324 g/mol. The highest BCUT2D eigenvalue weighted by atomic mass is 16.5. The molecule has 0 aromatic heterocycles. The number of hydrogen-bond donors (Lipinski definition) is 3. The maximum atomic E-state index is 11.9. The lowest BCUT2D eigenvalue weighted by Gasteiger charge is -2.39. The first kappa shape index (κ1) is 21.8. The molecule has 3 N–H and O–H groups in total. The molecule has 0 aliphatic carbocycles. The monoisotopic (exact) mass is 348 g/mol. The summed E-state index contributed by atoms with van der Waals surface area (Å²) in [6.07, 6.45) is 0. The third kappa shape index (κ3) is 6.50. The minimum Gasteiger partial charge on any atom is -0.480 e. The van der Waals surface area contributed by atoms with E-state index in [1.807, 2.05) is 0 Å². The molecule has 0 aliphatic heterocycles. The normalized spacial score (nSPS) is 12.9. The van der Waals surface area contributed by atoms with Gasteiger partial charge >= 0.3 is 23.9 Å². The van der Waals surface area contributed by atoms with Gasteiger partial charge in [0.2, 0.25) is 0 Å². The fourth-order valence-corrected chi connectivity index (χ4v) is 2.30. The van der Waals surface area contributed by atoms with Gasteiger partial charge in [-0.1, -0.05) is 0 Å². The average Bonchev–Trinajstić information content (AvgIpc) is 2.44. The molecule has 1 atom stereocenters. The zero-order valence-corrected chi connectivity index (χ0v) is 14.2. The summed E-state index contributed by atoms with van der Waals surface area (Å²) in [6.45, 7) is 3.24. The van der Waals surface area contributed by atoms with E-state index in [0.29, 0.717) is 0 Å². The number of rotatable bonds is 11. The predicted molar refractivity (Wildman–Crippen MR) is 81.6 cm³/mol. The number of ether oxygens (including phenoxy) is 1. The summed E-state index contributed by atoms with van der Waals surface area (Å²) < 4.78 is 4.69. The van der Waals surface area contributed by atoms with E-state index in [-0.39, 0.29) is 13.1 Å². The predicted octanol–water partition coefficient (Wildman–Crippen LogP) is -0.816. The van der Waals surface area contributed by atoms with Crippen LogP contribution in [-0.4, -0.2) is 93.9 Å². The van der Waals surface area contributed by atoms with Gasteiger partial charge in [-0.3, -0.25) is 29.0 Å². The summed E-state index contributed by atoms with van der Waals surface area (Å²) in [5.41, 5.74) is -1.29. The van der Waals surface area contributed by atoms with Gasteiger partial charge in [0.15, 0.2) is 0 Å². The van der Waals surface area contributed by atoms with Crippen LogP contribution in [0.2, 0.25) is 0 Å². The van der Waals surface area contributed by atoms with Crippen molar-refractivity contribution in [2.24, 2.45) is 0 Å². The second-order valence-electron chi connectivity index (χ2n) is 5.76. The molecule has 138 valence electrons. The van der Waals surface area contributed by atoms with E-state index in [2.05, 4.69) is 4.74 Å². The van der Waals surface area contributed by atoms with Crippen LogP contribution >= 0.6 is 0 Å². The van der Waals surface area contributed by atoms with E-state index >= 15 is 0 Å². The fourth-order valence-electron chi connectivity index (χ4n) is 2.30. The molecule has 0 saturated carbocycles. The topological polar surface area (TPSA) is 145 Å². The molecule has 0 bridgehead atoms. The molecule has 0 saturated heterocycles. The van der Waals surface area contributed by atoms with E-state index in [0.717, 1.165) is 4.90 Å². The van der Waals surface area contributed by atoms with Crippen LogP contribution in [0.5, 0.6) is 0 Å². The van der Waals surface area contributed by atoms with Crippen molar-refractivity contribution < 1.29 is 39.2 Å². The van der Waals surface area contributed by atoms with E-state index in [9.17, 15) is 24.3 Å². The van der Waals surface area contributed by atoms with Gasteiger partial charge in [0.25, 0.3) is 0 Å². The van der Waals surface area contributed by atoms with Gasteiger partial charge in [-0.05, 0) is 20.8 Å². The Balaban J connectivity index is 5.30. The molecule has 0 aromatic rings. The Hall–Kier alpha value is -2.20. The van der Waals surface area contributed by atoms with Crippen LogP contribution in [0.1, 0.15) is 20.8 Å².